The average molecular weight is 425 g/mol. The summed E-state index contributed by atoms with van der Waals surface area (Å²) in [5.41, 5.74) is 1.31. The van der Waals surface area contributed by atoms with Gasteiger partial charge in [0, 0.05) is 21.8 Å². The summed E-state index contributed by atoms with van der Waals surface area (Å²) in [7, 11) is 0. The van der Waals surface area contributed by atoms with Crippen LogP contribution in [0.1, 0.15) is 22.8 Å². The van der Waals surface area contributed by atoms with Crippen molar-refractivity contribution in [1.82, 2.24) is 9.78 Å². The first-order chi connectivity index (χ1) is 13.0. The maximum absolute atomic E-state index is 12.4. The third-order valence-corrected chi connectivity index (χ3v) is 4.59. The lowest BCUT2D eigenvalue weighted by Gasteiger charge is -2.06. The van der Waals surface area contributed by atoms with Crippen LogP contribution in [0.3, 0.4) is 0 Å². The van der Waals surface area contributed by atoms with Crippen molar-refractivity contribution in [2.24, 2.45) is 0 Å². The molecule has 3 aromatic rings. The average Bonchev–Trinajstić information content (AvgIpc) is 2.97. The van der Waals surface area contributed by atoms with Crippen LogP contribution in [0, 0.1) is 0 Å². The van der Waals surface area contributed by atoms with E-state index < -0.39 is 0 Å². The summed E-state index contributed by atoms with van der Waals surface area (Å²) in [6.07, 6.45) is 1.63. The molecule has 0 saturated heterocycles. The number of nitrogens with one attached hydrogen (secondary N) is 1. The van der Waals surface area contributed by atoms with Crippen molar-refractivity contribution in [2.45, 2.75) is 13.5 Å². The molecule has 0 fully saturated rings. The van der Waals surface area contributed by atoms with Crippen LogP contribution in [-0.4, -0.2) is 22.3 Å². The Balaban J connectivity index is 1.71. The summed E-state index contributed by atoms with van der Waals surface area (Å²) in [6, 6.07) is 12.1. The van der Waals surface area contributed by atoms with Gasteiger partial charge in [-0.15, -0.1) is 0 Å². The molecule has 0 bridgehead atoms. The lowest BCUT2D eigenvalue weighted by Crippen LogP contribution is -2.13. The number of benzene rings is 2. The predicted molar refractivity (Wildman–Crippen MR) is 108 cm³/mol. The van der Waals surface area contributed by atoms with E-state index in [9.17, 15) is 4.79 Å². The molecule has 0 aliphatic carbocycles. The largest absolute Gasteiger partial charge is 0.494 e. The van der Waals surface area contributed by atoms with Crippen LogP contribution in [0.4, 0.5) is 5.82 Å². The SMILES string of the molecule is CCOc1ccc(C(=O)Nc2nn(Cc3ccc(Cl)cc3Cl)cc2Cl)cc1. The maximum Gasteiger partial charge on any atom is 0.256 e. The maximum atomic E-state index is 12.4. The molecule has 8 heteroatoms. The Bertz CT molecular complexity index is 955. The van der Waals surface area contributed by atoms with Crippen LogP contribution in [0.5, 0.6) is 5.75 Å². The number of aromatic nitrogens is 2. The van der Waals surface area contributed by atoms with Gasteiger partial charge in [0.05, 0.1) is 13.2 Å². The highest BCUT2D eigenvalue weighted by atomic mass is 35.5. The van der Waals surface area contributed by atoms with Gasteiger partial charge in [0.25, 0.3) is 5.91 Å². The van der Waals surface area contributed by atoms with Crippen molar-refractivity contribution >= 4 is 46.5 Å². The fraction of sp³-hybridized carbons (Fsp3) is 0.158. The highest BCUT2D eigenvalue weighted by molar-refractivity contribution is 6.35. The third-order valence-electron chi connectivity index (χ3n) is 3.72. The van der Waals surface area contributed by atoms with Crippen LogP contribution in [0.2, 0.25) is 15.1 Å². The van der Waals surface area contributed by atoms with Crippen LogP contribution in [-0.2, 0) is 6.54 Å². The minimum Gasteiger partial charge on any atom is -0.494 e. The first kappa shape index (κ1) is 19.5. The van der Waals surface area contributed by atoms with Gasteiger partial charge in [-0.2, -0.15) is 5.10 Å². The highest BCUT2D eigenvalue weighted by Crippen LogP contribution is 2.24. The van der Waals surface area contributed by atoms with Gasteiger partial charge >= 0.3 is 0 Å². The third kappa shape index (κ3) is 4.95. The number of halogens is 3. The molecular weight excluding hydrogens is 409 g/mol. The van der Waals surface area contributed by atoms with E-state index in [1.54, 1.807) is 47.3 Å². The van der Waals surface area contributed by atoms with Crippen LogP contribution < -0.4 is 10.1 Å². The van der Waals surface area contributed by atoms with E-state index >= 15 is 0 Å². The van der Waals surface area contributed by atoms with E-state index in [0.717, 1.165) is 5.56 Å². The molecule has 27 heavy (non-hydrogen) atoms. The predicted octanol–water partition coefficient (Wildman–Crippen LogP) is 5.54. The number of amides is 1. The number of nitrogens with zero attached hydrogens (tertiary/aromatic N) is 2. The lowest BCUT2D eigenvalue weighted by atomic mass is 10.2. The summed E-state index contributed by atoms with van der Waals surface area (Å²) in [4.78, 5) is 12.4. The van der Waals surface area contributed by atoms with Crippen molar-refractivity contribution in [3.8, 4) is 5.75 Å². The number of hydrogen-bond donors (Lipinski definition) is 1. The molecule has 5 nitrogen and oxygen atoms in total. The second-order valence-corrected chi connectivity index (χ2v) is 6.92. The molecule has 140 valence electrons. The van der Waals surface area contributed by atoms with Gasteiger partial charge in [-0.05, 0) is 48.9 Å². The van der Waals surface area contributed by atoms with Gasteiger partial charge in [-0.3, -0.25) is 9.48 Å². The smallest absolute Gasteiger partial charge is 0.256 e. The van der Waals surface area contributed by atoms with Crippen molar-refractivity contribution in [3.63, 3.8) is 0 Å². The van der Waals surface area contributed by atoms with E-state index in [4.69, 9.17) is 39.5 Å². The lowest BCUT2D eigenvalue weighted by molar-refractivity contribution is 0.102. The van der Waals surface area contributed by atoms with Gasteiger partial charge in [0.15, 0.2) is 5.82 Å². The van der Waals surface area contributed by atoms with Gasteiger partial charge < -0.3 is 10.1 Å². The fourth-order valence-corrected chi connectivity index (χ4v) is 3.10. The van der Waals surface area contributed by atoms with Crippen LogP contribution >= 0.6 is 34.8 Å². The molecule has 2 aromatic carbocycles. The van der Waals surface area contributed by atoms with Crippen LogP contribution in [0.15, 0.2) is 48.7 Å². The van der Waals surface area contributed by atoms with Crippen molar-refractivity contribution in [3.05, 3.63) is 74.9 Å². The van der Waals surface area contributed by atoms with Gasteiger partial charge in [0.2, 0.25) is 0 Å². The summed E-state index contributed by atoms with van der Waals surface area (Å²) in [5.74, 6) is 0.673. The number of rotatable bonds is 6. The molecule has 0 radical (unpaired) electrons. The standard InChI is InChI=1S/C19H16Cl3N3O2/c1-2-27-15-7-4-12(5-8-15)19(26)23-18-17(22)11-25(24-18)10-13-3-6-14(20)9-16(13)21/h3-9,11H,2,10H2,1H3,(H,23,24,26). The topological polar surface area (TPSA) is 56.1 Å². The molecule has 1 aromatic heterocycles. The van der Waals surface area contributed by atoms with Crippen molar-refractivity contribution in [2.75, 3.05) is 11.9 Å². The number of hydrogen-bond acceptors (Lipinski definition) is 3. The molecular formula is C19H16Cl3N3O2. The Morgan fingerprint density at radius 3 is 2.52 bits per heavy atom. The Labute approximate surface area is 171 Å². The molecule has 0 aliphatic heterocycles. The van der Waals surface area contributed by atoms with E-state index in [0.29, 0.717) is 39.5 Å². The first-order valence-electron chi connectivity index (χ1n) is 8.17. The minimum absolute atomic E-state index is 0.278. The molecule has 0 spiro atoms. The number of anilines is 1. The second kappa shape index (κ2) is 8.65. The molecule has 0 aliphatic rings. The second-order valence-electron chi connectivity index (χ2n) is 5.67. The Morgan fingerprint density at radius 2 is 1.85 bits per heavy atom. The summed E-state index contributed by atoms with van der Waals surface area (Å²) in [5, 5.41) is 8.46. The fourth-order valence-electron chi connectivity index (χ4n) is 2.44. The zero-order valence-electron chi connectivity index (χ0n) is 14.4. The van der Waals surface area contributed by atoms with E-state index in [-0.39, 0.29) is 11.7 Å². The Morgan fingerprint density at radius 1 is 1.11 bits per heavy atom. The van der Waals surface area contributed by atoms with Crippen molar-refractivity contribution in [1.29, 1.82) is 0 Å². The Hall–Kier alpha value is -2.21. The number of carbonyl (C=O) groups is 1. The number of carbonyl (C=O) groups excluding carboxylic acids is 1. The van der Waals surface area contributed by atoms with Crippen LogP contribution in [0.25, 0.3) is 0 Å². The number of ether oxygens (including phenoxy) is 1. The van der Waals surface area contributed by atoms with E-state index in [1.807, 2.05) is 13.0 Å². The molecule has 0 atom stereocenters. The van der Waals surface area contributed by atoms with Gasteiger partial charge in [0.1, 0.15) is 10.8 Å². The highest BCUT2D eigenvalue weighted by Gasteiger charge is 2.13. The molecule has 1 amide bonds. The normalized spacial score (nSPS) is 10.7. The summed E-state index contributed by atoms with van der Waals surface area (Å²) in [6.45, 7) is 2.86. The monoisotopic (exact) mass is 423 g/mol. The molecule has 1 N–H and O–H groups in total. The van der Waals surface area contributed by atoms with Gasteiger partial charge in [-0.1, -0.05) is 40.9 Å². The molecule has 3 rings (SSSR count). The summed E-state index contributed by atoms with van der Waals surface area (Å²) < 4.78 is 6.97. The molecule has 0 saturated carbocycles. The first-order valence-corrected chi connectivity index (χ1v) is 9.30. The van der Waals surface area contributed by atoms with Gasteiger partial charge in [-0.25, -0.2) is 0 Å². The van der Waals surface area contributed by atoms with E-state index in [2.05, 4.69) is 10.4 Å². The van der Waals surface area contributed by atoms with Crippen molar-refractivity contribution < 1.29 is 9.53 Å². The zero-order valence-corrected chi connectivity index (χ0v) is 16.6. The molecule has 1 heterocycles. The summed E-state index contributed by atoms with van der Waals surface area (Å²) >= 11 is 18.3. The Kier molecular flexibility index (Phi) is 6.26. The van der Waals surface area contributed by atoms with E-state index in [1.165, 1.54) is 0 Å². The molecule has 0 unspecified atom stereocenters. The quantitative estimate of drug-likeness (QED) is 0.565. The zero-order chi connectivity index (χ0) is 19.4. The minimum atomic E-state index is -0.310.